The molecule has 84 valence electrons. The number of halogens is 2. The molecule has 6 heteroatoms. The second-order valence-electron chi connectivity index (χ2n) is 2.61. The number of nitrogens with zero attached hydrogens (tertiary/aromatic N) is 1. The number of aromatic nitrogens is 1. The number of hydrogen-bond acceptors (Lipinski definition) is 3. The van der Waals surface area contributed by atoms with Crippen molar-refractivity contribution in [3.63, 3.8) is 0 Å². The maximum Gasteiger partial charge on any atom is 0.129 e. The van der Waals surface area contributed by atoms with Gasteiger partial charge in [-0.25, -0.2) is 4.98 Å². The third-order valence-electron chi connectivity index (χ3n) is 1.36. The topological polar surface area (TPSA) is 80.7 Å². The lowest BCUT2D eigenvalue weighted by molar-refractivity contribution is -0.367. The van der Waals surface area contributed by atoms with E-state index in [0.717, 1.165) is 6.54 Å². The number of hydrogen-bond donors (Lipinski definition) is 1. The summed E-state index contributed by atoms with van der Waals surface area (Å²) in [7, 11) is 0. The highest BCUT2D eigenvalue weighted by molar-refractivity contribution is 6.34. The van der Waals surface area contributed by atoms with E-state index in [4.69, 9.17) is 23.2 Å². The van der Waals surface area contributed by atoms with E-state index in [1.165, 1.54) is 18.6 Å². The number of carboxylic acid groups (broad SMARTS) is 1. The van der Waals surface area contributed by atoms with Gasteiger partial charge in [0.05, 0.1) is 17.5 Å². The van der Waals surface area contributed by atoms with Crippen molar-refractivity contribution in [2.24, 2.45) is 0 Å². The standard InChI is InChI=1S/C6H3Cl2NO2.C3H9N/c7-3-1-2-4(8)9-5(3)6(10)11;1-2-3-4/h1-2H,(H,10,11);2-4H2,1H3. The summed E-state index contributed by atoms with van der Waals surface area (Å²) in [6.45, 7) is 3.19. The van der Waals surface area contributed by atoms with Gasteiger partial charge in [0.25, 0.3) is 0 Å². The Hall–Kier alpha value is -0.840. The van der Waals surface area contributed by atoms with Crippen LogP contribution < -0.4 is 10.8 Å². The average molecular weight is 251 g/mol. The smallest absolute Gasteiger partial charge is 0.129 e. The second-order valence-corrected chi connectivity index (χ2v) is 3.40. The van der Waals surface area contributed by atoms with Gasteiger partial charge in [0, 0.05) is 0 Å². The summed E-state index contributed by atoms with van der Waals surface area (Å²) < 4.78 is 0. The second kappa shape index (κ2) is 7.45. The number of aromatic carboxylic acids is 1. The van der Waals surface area contributed by atoms with Crippen LogP contribution in [0.2, 0.25) is 10.2 Å². The Bertz CT molecular complexity index is 330. The molecule has 3 N–H and O–H groups in total. The van der Waals surface area contributed by atoms with Crippen LogP contribution in [0.25, 0.3) is 0 Å². The summed E-state index contributed by atoms with van der Waals surface area (Å²) in [6.07, 6.45) is 1.21. The maximum atomic E-state index is 10.3. The van der Waals surface area contributed by atoms with E-state index < -0.39 is 5.97 Å². The van der Waals surface area contributed by atoms with Crippen LogP contribution in [0.1, 0.15) is 23.8 Å². The minimum Gasteiger partial charge on any atom is -0.543 e. The zero-order valence-corrected chi connectivity index (χ0v) is 9.81. The molecule has 4 nitrogen and oxygen atoms in total. The van der Waals surface area contributed by atoms with Gasteiger partial charge in [0.1, 0.15) is 10.8 Å². The molecule has 1 rings (SSSR count). The fourth-order valence-electron chi connectivity index (χ4n) is 0.561. The lowest BCUT2D eigenvalue weighted by atomic mass is 10.3. The van der Waals surface area contributed by atoms with E-state index in [1.807, 2.05) is 0 Å². The predicted octanol–water partition coefficient (Wildman–Crippen LogP) is 0.390. The molecular formula is C9H12Cl2N2O2. The summed E-state index contributed by atoms with van der Waals surface area (Å²) in [4.78, 5) is 13.7. The summed E-state index contributed by atoms with van der Waals surface area (Å²) in [5.41, 5.74) is 3.27. The average Bonchev–Trinajstić information content (AvgIpc) is 2.22. The number of quaternary nitrogens is 1. The van der Waals surface area contributed by atoms with Gasteiger partial charge >= 0.3 is 0 Å². The molecule has 0 saturated heterocycles. The number of carboxylic acids is 1. The van der Waals surface area contributed by atoms with Gasteiger partial charge in [-0.05, 0) is 18.6 Å². The van der Waals surface area contributed by atoms with Crippen LogP contribution in [0.3, 0.4) is 0 Å². The summed E-state index contributed by atoms with van der Waals surface area (Å²) in [5.74, 6) is -1.43. The molecule has 0 bridgehead atoms. The van der Waals surface area contributed by atoms with Gasteiger partial charge in [0.15, 0.2) is 0 Å². The Balaban J connectivity index is 0.000000423. The third-order valence-corrected chi connectivity index (χ3v) is 1.87. The van der Waals surface area contributed by atoms with Gasteiger partial charge in [0.2, 0.25) is 0 Å². The Labute approximate surface area is 98.0 Å². The van der Waals surface area contributed by atoms with Crippen molar-refractivity contribution in [1.29, 1.82) is 0 Å². The van der Waals surface area contributed by atoms with Crippen LogP contribution in [-0.2, 0) is 0 Å². The maximum absolute atomic E-state index is 10.3. The van der Waals surface area contributed by atoms with E-state index in [9.17, 15) is 9.90 Å². The van der Waals surface area contributed by atoms with E-state index in [0.29, 0.717) is 0 Å². The summed E-state index contributed by atoms with van der Waals surface area (Å²) in [5, 5.41) is 10.4. The van der Waals surface area contributed by atoms with Crippen LogP contribution >= 0.6 is 23.2 Å². The van der Waals surface area contributed by atoms with E-state index in [1.54, 1.807) is 0 Å². The van der Waals surface area contributed by atoms with Crippen molar-refractivity contribution in [1.82, 2.24) is 4.98 Å². The molecule has 0 aliphatic rings. The van der Waals surface area contributed by atoms with Crippen molar-refractivity contribution < 1.29 is 15.6 Å². The fraction of sp³-hybridized carbons (Fsp3) is 0.333. The zero-order valence-electron chi connectivity index (χ0n) is 8.30. The largest absolute Gasteiger partial charge is 0.543 e. The highest BCUT2D eigenvalue weighted by Gasteiger charge is 2.02. The lowest BCUT2D eigenvalue weighted by Crippen LogP contribution is -2.49. The first-order valence-corrected chi connectivity index (χ1v) is 5.11. The predicted molar refractivity (Wildman–Crippen MR) is 56.6 cm³/mol. The van der Waals surface area contributed by atoms with Gasteiger partial charge < -0.3 is 15.6 Å². The normalized spacial score (nSPS) is 9.07. The van der Waals surface area contributed by atoms with Crippen molar-refractivity contribution >= 4 is 29.2 Å². The van der Waals surface area contributed by atoms with E-state index in [-0.39, 0.29) is 15.9 Å². The highest BCUT2D eigenvalue weighted by Crippen LogP contribution is 2.15. The van der Waals surface area contributed by atoms with Crippen molar-refractivity contribution in [2.75, 3.05) is 6.54 Å². The molecule has 0 aromatic carbocycles. The van der Waals surface area contributed by atoms with Gasteiger partial charge in [-0.1, -0.05) is 30.1 Å². The SMILES string of the molecule is CCC[NH3+].O=C([O-])c1nc(Cl)ccc1Cl. The Kier molecular flexibility index (Phi) is 7.03. The number of carbonyl (C=O) groups is 1. The molecule has 1 aromatic rings. The molecule has 0 aliphatic heterocycles. The molecule has 1 aromatic heterocycles. The first kappa shape index (κ1) is 14.2. The molecule has 0 fully saturated rings. The van der Waals surface area contributed by atoms with Gasteiger partial charge in [-0.3, -0.25) is 0 Å². The Morgan fingerprint density at radius 2 is 2.07 bits per heavy atom. The number of pyridine rings is 1. The number of carbonyl (C=O) groups excluding carboxylic acids is 1. The molecule has 0 amide bonds. The first-order chi connectivity index (χ1) is 7.02. The van der Waals surface area contributed by atoms with E-state index >= 15 is 0 Å². The zero-order chi connectivity index (χ0) is 11.8. The summed E-state index contributed by atoms with van der Waals surface area (Å²) in [6, 6.07) is 2.75. The first-order valence-electron chi connectivity index (χ1n) is 4.35. The molecule has 0 aliphatic carbocycles. The Morgan fingerprint density at radius 1 is 1.53 bits per heavy atom. The Morgan fingerprint density at radius 3 is 2.40 bits per heavy atom. The van der Waals surface area contributed by atoms with Crippen molar-refractivity contribution in [2.45, 2.75) is 13.3 Å². The molecular weight excluding hydrogens is 239 g/mol. The molecule has 1 heterocycles. The quantitative estimate of drug-likeness (QED) is 0.772. The molecule has 0 atom stereocenters. The monoisotopic (exact) mass is 250 g/mol. The fourth-order valence-corrected chi connectivity index (χ4v) is 0.891. The van der Waals surface area contributed by atoms with Crippen LogP contribution in [0.4, 0.5) is 0 Å². The van der Waals surface area contributed by atoms with Crippen LogP contribution in [0.15, 0.2) is 12.1 Å². The molecule has 15 heavy (non-hydrogen) atoms. The molecule has 0 radical (unpaired) electrons. The van der Waals surface area contributed by atoms with Crippen molar-refractivity contribution in [3.8, 4) is 0 Å². The van der Waals surface area contributed by atoms with Crippen LogP contribution in [0, 0.1) is 0 Å². The van der Waals surface area contributed by atoms with Gasteiger partial charge in [-0.15, -0.1) is 0 Å². The van der Waals surface area contributed by atoms with Crippen LogP contribution in [0.5, 0.6) is 0 Å². The molecule has 0 spiro atoms. The van der Waals surface area contributed by atoms with Gasteiger partial charge in [-0.2, -0.15) is 0 Å². The minimum atomic E-state index is -1.43. The lowest BCUT2D eigenvalue weighted by Gasteiger charge is -2.02. The molecule has 0 saturated carbocycles. The van der Waals surface area contributed by atoms with E-state index in [2.05, 4.69) is 17.6 Å². The number of rotatable bonds is 2. The third kappa shape index (κ3) is 5.57. The van der Waals surface area contributed by atoms with Crippen LogP contribution in [-0.4, -0.2) is 17.5 Å². The van der Waals surface area contributed by atoms with Crippen molar-refractivity contribution in [3.05, 3.63) is 28.0 Å². The highest BCUT2D eigenvalue weighted by atomic mass is 35.5. The summed E-state index contributed by atoms with van der Waals surface area (Å²) >= 11 is 10.8. The minimum absolute atomic E-state index is 0.0226. The molecule has 0 unspecified atom stereocenters.